The van der Waals surface area contributed by atoms with Crippen LogP contribution < -0.4 is 4.72 Å². The first-order chi connectivity index (χ1) is 8.94. The van der Waals surface area contributed by atoms with Gasteiger partial charge in [0.15, 0.2) is 0 Å². The van der Waals surface area contributed by atoms with Crippen molar-refractivity contribution in [2.75, 3.05) is 18.2 Å². The summed E-state index contributed by atoms with van der Waals surface area (Å²) in [6.45, 7) is 0.266. The average molecular weight is 307 g/mol. The van der Waals surface area contributed by atoms with Crippen LogP contribution in [0.1, 0.15) is 12.0 Å². The van der Waals surface area contributed by atoms with Crippen molar-refractivity contribution in [1.29, 1.82) is 0 Å². The SMILES string of the molecule is O=[N+]([O-])c1ccc(CCNS(=O)(=O)CCCCl)cc1. The molecule has 0 amide bonds. The van der Waals surface area contributed by atoms with E-state index in [1.54, 1.807) is 12.1 Å². The lowest BCUT2D eigenvalue weighted by atomic mass is 10.1. The molecule has 1 N–H and O–H groups in total. The number of nitro groups is 1. The van der Waals surface area contributed by atoms with Crippen molar-refractivity contribution < 1.29 is 13.3 Å². The summed E-state index contributed by atoms with van der Waals surface area (Å²) in [6, 6.07) is 6.03. The molecule has 0 aliphatic rings. The summed E-state index contributed by atoms with van der Waals surface area (Å²) < 4.78 is 25.4. The average Bonchev–Trinajstić information content (AvgIpc) is 2.37. The summed E-state index contributed by atoms with van der Waals surface area (Å²) in [5, 5.41) is 10.5. The van der Waals surface area contributed by atoms with Gasteiger partial charge in [-0.05, 0) is 18.4 Å². The van der Waals surface area contributed by atoms with E-state index in [1.807, 2.05) is 0 Å². The van der Waals surface area contributed by atoms with E-state index in [-0.39, 0.29) is 18.0 Å². The Labute approximate surface area is 117 Å². The van der Waals surface area contributed by atoms with Crippen LogP contribution in [0.25, 0.3) is 0 Å². The van der Waals surface area contributed by atoms with Gasteiger partial charge in [-0.1, -0.05) is 12.1 Å². The predicted octanol–water partition coefficient (Wildman–Crippen LogP) is 1.69. The molecule has 106 valence electrons. The summed E-state index contributed by atoms with van der Waals surface area (Å²) in [6.07, 6.45) is 0.895. The largest absolute Gasteiger partial charge is 0.269 e. The Kier molecular flexibility index (Phi) is 6.20. The predicted molar refractivity (Wildman–Crippen MR) is 73.9 cm³/mol. The first-order valence-electron chi connectivity index (χ1n) is 5.71. The summed E-state index contributed by atoms with van der Waals surface area (Å²) >= 11 is 5.43. The van der Waals surface area contributed by atoms with Crippen LogP contribution in [0.3, 0.4) is 0 Å². The van der Waals surface area contributed by atoms with Gasteiger partial charge in [-0.2, -0.15) is 0 Å². The van der Waals surface area contributed by atoms with Crippen molar-refractivity contribution in [2.24, 2.45) is 0 Å². The van der Waals surface area contributed by atoms with Crippen LogP contribution >= 0.6 is 11.6 Å². The molecule has 0 bridgehead atoms. The Morgan fingerprint density at radius 2 is 1.89 bits per heavy atom. The van der Waals surface area contributed by atoms with E-state index < -0.39 is 14.9 Å². The fraction of sp³-hybridized carbons (Fsp3) is 0.455. The van der Waals surface area contributed by atoms with E-state index in [9.17, 15) is 18.5 Å². The first-order valence-corrected chi connectivity index (χ1v) is 7.90. The molecule has 8 heteroatoms. The van der Waals surface area contributed by atoms with Gasteiger partial charge < -0.3 is 0 Å². The van der Waals surface area contributed by atoms with Gasteiger partial charge in [-0.3, -0.25) is 10.1 Å². The highest BCUT2D eigenvalue weighted by Crippen LogP contribution is 2.11. The van der Waals surface area contributed by atoms with E-state index in [4.69, 9.17) is 11.6 Å². The maximum absolute atomic E-state index is 11.5. The monoisotopic (exact) mass is 306 g/mol. The quantitative estimate of drug-likeness (QED) is 0.449. The lowest BCUT2D eigenvalue weighted by Crippen LogP contribution is -2.28. The molecule has 0 aromatic heterocycles. The molecule has 0 aliphatic carbocycles. The number of nitro benzene ring substituents is 1. The van der Waals surface area contributed by atoms with Crippen LogP contribution in [0.15, 0.2) is 24.3 Å². The van der Waals surface area contributed by atoms with Gasteiger partial charge in [0.05, 0.1) is 10.7 Å². The second kappa shape index (κ2) is 7.42. The van der Waals surface area contributed by atoms with Gasteiger partial charge in [0.1, 0.15) is 0 Å². The Morgan fingerprint density at radius 3 is 2.42 bits per heavy atom. The van der Waals surface area contributed by atoms with Gasteiger partial charge in [-0.25, -0.2) is 13.1 Å². The van der Waals surface area contributed by atoms with E-state index in [0.717, 1.165) is 5.56 Å². The third-order valence-corrected chi connectivity index (χ3v) is 4.17. The topological polar surface area (TPSA) is 89.3 Å². The van der Waals surface area contributed by atoms with E-state index in [2.05, 4.69) is 4.72 Å². The van der Waals surface area contributed by atoms with Crippen molar-refractivity contribution in [3.63, 3.8) is 0 Å². The molecule has 0 atom stereocenters. The van der Waals surface area contributed by atoms with Gasteiger partial charge in [0.25, 0.3) is 5.69 Å². The summed E-state index contributed by atoms with van der Waals surface area (Å²) in [7, 11) is -3.28. The number of alkyl halides is 1. The first kappa shape index (κ1) is 15.9. The Hall–Kier alpha value is -1.18. The highest BCUT2D eigenvalue weighted by atomic mass is 35.5. The Morgan fingerprint density at radius 1 is 1.26 bits per heavy atom. The zero-order valence-corrected chi connectivity index (χ0v) is 11.8. The third kappa shape index (κ3) is 6.00. The Balaban J connectivity index is 2.43. The van der Waals surface area contributed by atoms with E-state index >= 15 is 0 Å². The molecule has 1 aromatic carbocycles. The van der Waals surface area contributed by atoms with Crippen LogP contribution in [-0.4, -0.2) is 31.5 Å². The van der Waals surface area contributed by atoms with Gasteiger partial charge in [-0.15, -0.1) is 11.6 Å². The molecule has 1 rings (SSSR count). The third-order valence-electron chi connectivity index (χ3n) is 2.43. The van der Waals surface area contributed by atoms with Crippen LogP contribution in [0.5, 0.6) is 0 Å². The number of hydrogen-bond acceptors (Lipinski definition) is 4. The summed E-state index contributed by atoms with van der Waals surface area (Å²) in [5.74, 6) is 0.319. The molecular formula is C11H15ClN2O4S. The van der Waals surface area contributed by atoms with E-state index in [0.29, 0.717) is 18.7 Å². The molecule has 0 saturated carbocycles. The molecule has 0 heterocycles. The van der Waals surface area contributed by atoms with Gasteiger partial charge in [0.2, 0.25) is 10.0 Å². The minimum atomic E-state index is -3.28. The number of halogens is 1. The van der Waals surface area contributed by atoms with Crippen LogP contribution in [0, 0.1) is 10.1 Å². The highest BCUT2D eigenvalue weighted by Gasteiger charge is 2.09. The minimum absolute atomic E-state index is 0.0107. The minimum Gasteiger partial charge on any atom is -0.258 e. The summed E-state index contributed by atoms with van der Waals surface area (Å²) in [4.78, 5) is 9.99. The number of nitrogens with zero attached hydrogens (tertiary/aromatic N) is 1. The molecule has 19 heavy (non-hydrogen) atoms. The number of non-ortho nitro benzene ring substituents is 1. The molecule has 0 saturated heterocycles. The normalized spacial score (nSPS) is 11.4. The molecule has 0 fully saturated rings. The maximum atomic E-state index is 11.5. The molecule has 0 unspecified atom stereocenters. The van der Waals surface area contributed by atoms with Crippen molar-refractivity contribution in [1.82, 2.24) is 4.72 Å². The second-order valence-electron chi connectivity index (χ2n) is 3.93. The fourth-order valence-corrected chi connectivity index (χ4v) is 2.83. The number of nitrogens with one attached hydrogen (secondary N) is 1. The van der Waals surface area contributed by atoms with Crippen molar-refractivity contribution in [3.8, 4) is 0 Å². The standard InChI is InChI=1S/C11H15ClN2O4S/c12-7-1-9-19(17,18)13-8-6-10-2-4-11(5-3-10)14(15)16/h2-5,13H,1,6-9H2. The van der Waals surface area contributed by atoms with Crippen LogP contribution in [0.4, 0.5) is 5.69 Å². The van der Waals surface area contributed by atoms with Crippen LogP contribution in [-0.2, 0) is 16.4 Å². The molecule has 0 radical (unpaired) electrons. The lowest BCUT2D eigenvalue weighted by molar-refractivity contribution is -0.384. The van der Waals surface area contributed by atoms with E-state index in [1.165, 1.54) is 12.1 Å². The van der Waals surface area contributed by atoms with Crippen LogP contribution in [0.2, 0.25) is 0 Å². The molecule has 0 spiro atoms. The molecule has 1 aromatic rings. The smallest absolute Gasteiger partial charge is 0.258 e. The second-order valence-corrected chi connectivity index (χ2v) is 6.23. The van der Waals surface area contributed by atoms with Crippen molar-refractivity contribution >= 4 is 27.3 Å². The van der Waals surface area contributed by atoms with Gasteiger partial charge in [0, 0.05) is 24.6 Å². The number of hydrogen-bond donors (Lipinski definition) is 1. The fourth-order valence-electron chi connectivity index (χ4n) is 1.45. The number of benzene rings is 1. The molecular weight excluding hydrogens is 292 g/mol. The Bertz CT molecular complexity index is 516. The van der Waals surface area contributed by atoms with Crippen molar-refractivity contribution in [2.45, 2.75) is 12.8 Å². The lowest BCUT2D eigenvalue weighted by Gasteiger charge is -2.05. The summed E-state index contributed by atoms with van der Waals surface area (Å²) in [5.41, 5.74) is 0.858. The number of rotatable bonds is 8. The molecule has 0 aliphatic heterocycles. The number of sulfonamides is 1. The molecule has 6 nitrogen and oxygen atoms in total. The maximum Gasteiger partial charge on any atom is 0.269 e. The van der Waals surface area contributed by atoms with Crippen molar-refractivity contribution in [3.05, 3.63) is 39.9 Å². The van der Waals surface area contributed by atoms with Gasteiger partial charge >= 0.3 is 0 Å². The highest BCUT2D eigenvalue weighted by molar-refractivity contribution is 7.89. The zero-order valence-electron chi connectivity index (χ0n) is 10.2. The zero-order chi connectivity index (χ0) is 14.3.